The molecule has 1 aromatic carbocycles. The van der Waals surface area contributed by atoms with Crippen LogP contribution in [0.15, 0.2) is 18.2 Å². The molecule has 0 radical (unpaired) electrons. The van der Waals surface area contributed by atoms with Gasteiger partial charge in [0, 0.05) is 18.2 Å². The Hall–Kier alpha value is -1.42. The standard InChI is InChI=1S/C14H22O4/c1-5-14(15,6-2)10-18-13-8-11(16-3)7-12(9-13)17-4/h7-9,15H,5-6,10H2,1-4H3. The minimum absolute atomic E-state index is 0.260. The largest absolute Gasteiger partial charge is 0.496 e. The molecule has 0 aromatic heterocycles. The molecule has 0 saturated carbocycles. The van der Waals surface area contributed by atoms with E-state index in [4.69, 9.17) is 14.2 Å². The van der Waals surface area contributed by atoms with Gasteiger partial charge in [0.15, 0.2) is 0 Å². The molecular weight excluding hydrogens is 232 g/mol. The van der Waals surface area contributed by atoms with Crippen molar-refractivity contribution in [3.63, 3.8) is 0 Å². The van der Waals surface area contributed by atoms with E-state index in [2.05, 4.69) is 0 Å². The van der Waals surface area contributed by atoms with E-state index < -0.39 is 5.60 Å². The molecule has 1 aromatic rings. The van der Waals surface area contributed by atoms with Crippen molar-refractivity contribution in [1.29, 1.82) is 0 Å². The third kappa shape index (κ3) is 3.81. The van der Waals surface area contributed by atoms with Gasteiger partial charge in [0.25, 0.3) is 0 Å². The zero-order valence-electron chi connectivity index (χ0n) is 11.5. The topological polar surface area (TPSA) is 47.9 Å². The summed E-state index contributed by atoms with van der Waals surface area (Å²) in [7, 11) is 3.18. The van der Waals surface area contributed by atoms with Crippen LogP contribution in [0.3, 0.4) is 0 Å². The zero-order chi connectivity index (χ0) is 13.6. The Morgan fingerprint density at radius 2 is 1.39 bits per heavy atom. The summed E-state index contributed by atoms with van der Waals surface area (Å²) in [5.74, 6) is 1.97. The highest BCUT2D eigenvalue weighted by molar-refractivity contribution is 5.42. The van der Waals surface area contributed by atoms with Crippen molar-refractivity contribution in [2.75, 3.05) is 20.8 Å². The molecule has 0 aliphatic carbocycles. The molecule has 0 bridgehead atoms. The molecule has 0 unspecified atom stereocenters. The van der Waals surface area contributed by atoms with Crippen LogP contribution in [-0.4, -0.2) is 31.5 Å². The maximum atomic E-state index is 10.2. The molecule has 0 amide bonds. The molecule has 0 atom stereocenters. The number of hydrogen-bond acceptors (Lipinski definition) is 4. The van der Waals surface area contributed by atoms with Crippen LogP contribution in [-0.2, 0) is 0 Å². The molecule has 0 aliphatic heterocycles. The molecule has 4 nitrogen and oxygen atoms in total. The molecule has 18 heavy (non-hydrogen) atoms. The lowest BCUT2D eigenvalue weighted by Gasteiger charge is -2.25. The number of ether oxygens (including phenoxy) is 3. The fraction of sp³-hybridized carbons (Fsp3) is 0.571. The normalized spacial score (nSPS) is 11.2. The Bertz CT molecular complexity index is 350. The highest BCUT2D eigenvalue weighted by Gasteiger charge is 2.23. The summed E-state index contributed by atoms with van der Waals surface area (Å²) in [5, 5.41) is 10.2. The van der Waals surface area contributed by atoms with Crippen LogP contribution >= 0.6 is 0 Å². The molecular formula is C14H22O4. The van der Waals surface area contributed by atoms with Crippen molar-refractivity contribution >= 4 is 0 Å². The maximum Gasteiger partial charge on any atom is 0.126 e. The first-order valence-corrected chi connectivity index (χ1v) is 6.15. The zero-order valence-corrected chi connectivity index (χ0v) is 11.5. The summed E-state index contributed by atoms with van der Waals surface area (Å²) in [4.78, 5) is 0. The van der Waals surface area contributed by atoms with Gasteiger partial charge >= 0.3 is 0 Å². The van der Waals surface area contributed by atoms with Crippen LogP contribution in [0.5, 0.6) is 17.2 Å². The van der Waals surface area contributed by atoms with E-state index in [-0.39, 0.29) is 6.61 Å². The number of aliphatic hydroxyl groups is 1. The molecule has 4 heteroatoms. The number of methoxy groups -OCH3 is 2. The predicted molar refractivity (Wildman–Crippen MR) is 70.6 cm³/mol. The summed E-state index contributed by atoms with van der Waals surface area (Å²) in [6.45, 7) is 4.15. The molecule has 0 aliphatic rings. The van der Waals surface area contributed by atoms with Crippen molar-refractivity contribution in [3.8, 4) is 17.2 Å². The molecule has 102 valence electrons. The van der Waals surface area contributed by atoms with Gasteiger partial charge in [0.1, 0.15) is 23.9 Å². The molecule has 0 fully saturated rings. The fourth-order valence-corrected chi connectivity index (χ4v) is 1.54. The quantitative estimate of drug-likeness (QED) is 0.812. The van der Waals surface area contributed by atoms with E-state index in [1.165, 1.54) is 0 Å². The van der Waals surface area contributed by atoms with Crippen LogP contribution in [0.1, 0.15) is 26.7 Å². The Kier molecular flexibility index (Phi) is 5.28. The second-order valence-corrected chi connectivity index (χ2v) is 4.27. The first-order valence-electron chi connectivity index (χ1n) is 6.15. The minimum Gasteiger partial charge on any atom is -0.496 e. The van der Waals surface area contributed by atoms with E-state index in [9.17, 15) is 5.11 Å². The summed E-state index contributed by atoms with van der Waals surface area (Å²) in [6, 6.07) is 5.32. The Balaban J connectivity index is 2.78. The highest BCUT2D eigenvalue weighted by atomic mass is 16.5. The van der Waals surface area contributed by atoms with Crippen LogP contribution in [0, 0.1) is 0 Å². The second-order valence-electron chi connectivity index (χ2n) is 4.27. The summed E-state index contributed by atoms with van der Waals surface area (Å²) in [5.41, 5.74) is -0.781. The lowest BCUT2D eigenvalue weighted by Crippen LogP contribution is -2.34. The second kappa shape index (κ2) is 6.50. The Morgan fingerprint density at radius 3 is 1.78 bits per heavy atom. The van der Waals surface area contributed by atoms with Crippen molar-refractivity contribution in [3.05, 3.63) is 18.2 Å². The number of benzene rings is 1. The van der Waals surface area contributed by atoms with Crippen LogP contribution in [0.25, 0.3) is 0 Å². The van der Waals surface area contributed by atoms with Gasteiger partial charge in [0.05, 0.1) is 19.8 Å². The summed E-state index contributed by atoms with van der Waals surface area (Å²) in [6.07, 6.45) is 1.31. The Morgan fingerprint density at radius 1 is 0.944 bits per heavy atom. The van der Waals surface area contributed by atoms with E-state index in [1.54, 1.807) is 32.4 Å². The third-order valence-electron chi connectivity index (χ3n) is 3.15. The first kappa shape index (κ1) is 14.6. The summed E-state index contributed by atoms with van der Waals surface area (Å²) < 4.78 is 15.9. The molecule has 1 N–H and O–H groups in total. The number of hydrogen-bond donors (Lipinski definition) is 1. The van der Waals surface area contributed by atoms with Gasteiger partial charge in [-0.2, -0.15) is 0 Å². The van der Waals surface area contributed by atoms with E-state index in [0.717, 1.165) is 0 Å². The fourth-order valence-electron chi connectivity index (χ4n) is 1.54. The average Bonchev–Trinajstić information content (AvgIpc) is 2.44. The van der Waals surface area contributed by atoms with E-state index in [1.807, 2.05) is 13.8 Å². The van der Waals surface area contributed by atoms with Crippen molar-refractivity contribution in [2.45, 2.75) is 32.3 Å². The smallest absolute Gasteiger partial charge is 0.126 e. The number of rotatable bonds is 7. The first-order chi connectivity index (χ1) is 8.56. The lowest BCUT2D eigenvalue weighted by molar-refractivity contribution is -0.0114. The molecule has 1 rings (SSSR count). The minimum atomic E-state index is -0.781. The van der Waals surface area contributed by atoms with Gasteiger partial charge < -0.3 is 19.3 Å². The predicted octanol–water partition coefficient (Wildman–Crippen LogP) is 2.63. The van der Waals surface area contributed by atoms with Gasteiger partial charge in [-0.3, -0.25) is 0 Å². The monoisotopic (exact) mass is 254 g/mol. The highest BCUT2D eigenvalue weighted by Crippen LogP contribution is 2.28. The van der Waals surface area contributed by atoms with Gasteiger partial charge in [0.2, 0.25) is 0 Å². The van der Waals surface area contributed by atoms with Crippen LogP contribution < -0.4 is 14.2 Å². The van der Waals surface area contributed by atoms with E-state index in [0.29, 0.717) is 30.1 Å². The maximum absolute atomic E-state index is 10.2. The van der Waals surface area contributed by atoms with Gasteiger partial charge in [-0.15, -0.1) is 0 Å². The van der Waals surface area contributed by atoms with Crippen molar-refractivity contribution in [2.24, 2.45) is 0 Å². The van der Waals surface area contributed by atoms with Gasteiger partial charge in [-0.25, -0.2) is 0 Å². The van der Waals surface area contributed by atoms with Gasteiger partial charge in [-0.1, -0.05) is 13.8 Å². The SMILES string of the molecule is CCC(O)(CC)COc1cc(OC)cc(OC)c1. The molecule has 0 spiro atoms. The Labute approximate surface area is 108 Å². The van der Waals surface area contributed by atoms with Gasteiger partial charge in [-0.05, 0) is 12.8 Å². The van der Waals surface area contributed by atoms with Crippen LogP contribution in [0.4, 0.5) is 0 Å². The van der Waals surface area contributed by atoms with Crippen molar-refractivity contribution < 1.29 is 19.3 Å². The van der Waals surface area contributed by atoms with Crippen molar-refractivity contribution in [1.82, 2.24) is 0 Å². The van der Waals surface area contributed by atoms with E-state index >= 15 is 0 Å². The molecule has 0 heterocycles. The third-order valence-corrected chi connectivity index (χ3v) is 3.15. The summed E-state index contributed by atoms with van der Waals surface area (Å²) >= 11 is 0. The van der Waals surface area contributed by atoms with Crippen LogP contribution in [0.2, 0.25) is 0 Å². The average molecular weight is 254 g/mol. The molecule has 0 saturated heterocycles. The lowest BCUT2D eigenvalue weighted by atomic mass is 9.99.